The summed E-state index contributed by atoms with van der Waals surface area (Å²) in [6.45, 7) is 7.34. The number of hydrogen-bond donors (Lipinski definition) is 1. The number of carbonyl (C=O) groups is 2. The van der Waals surface area contributed by atoms with Gasteiger partial charge in [-0.05, 0) is 135 Å². The van der Waals surface area contributed by atoms with E-state index in [-0.39, 0.29) is 17.4 Å². The zero-order valence-electron chi connectivity index (χ0n) is 25.6. The predicted octanol–water partition coefficient (Wildman–Crippen LogP) is 6.99. The largest absolute Gasteiger partial charge is 0.494 e. The number of nitrogens with zero attached hydrogens (tertiary/aromatic N) is 1. The number of carbonyl (C=O) groups excluding carboxylic acids is 2. The van der Waals surface area contributed by atoms with Crippen molar-refractivity contribution in [3.05, 3.63) is 29.8 Å². The Morgan fingerprint density at radius 1 is 1.05 bits per heavy atom. The van der Waals surface area contributed by atoms with Crippen LogP contribution in [0.15, 0.2) is 24.3 Å². The summed E-state index contributed by atoms with van der Waals surface area (Å²) in [6.07, 6.45) is 15.3. The minimum atomic E-state index is -0.145. The topological polar surface area (TPSA) is 66.8 Å². The van der Waals surface area contributed by atoms with Crippen molar-refractivity contribution in [1.82, 2.24) is 4.90 Å². The summed E-state index contributed by atoms with van der Waals surface area (Å²) < 4.78 is 6.05. The predicted molar refractivity (Wildman–Crippen MR) is 162 cm³/mol. The van der Waals surface area contributed by atoms with Gasteiger partial charge in [0.15, 0.2) is 0 Å². The van der Waals surface area contributed by atoms with E-state index in [9.17, 15) is 14.7 Å². The molecular formula is C36H53NO4. The second-order valence-corrected chi connectivity index (χ2v) is 14.9. The van der Waals surface area contributed by atoms with E-state index in [1.807, 2.05) is 11.0 Å². The third kappa shape index (κ3) is 5.74. The number of likely N-dealkylation sites (tertiary alicyclic amines) is 1. The number of benzene rings is 1. The van der Waals surface area contributed by atoms with Crippen LogP contribution in [0.2, 0.25) is 0 Å². The van der Waals surface area contributed by atoms with Gasteiger partial charge in [-0.1, -0.05) is 26.0 Å². The van der Waals surface area contributed by atoms with Gasteiger partial charge in [-0.2, -0.15) is 0 Å². The number of aryl methyl sites for hydroxylation is 1. The molecule has 1 heterocycles. The van der Waals surface area contributed by atoms with E-state index in [0.717, 1.165) is 83.0 Å². The van der Waals surface area contributed by atoms with Crippen molar-refractivity contribution in [1.29, 1.82) is 0 Å². The summed E-state index contributed by atoms with van der Waals surface area (Å²) in [4.78, 5) is 26.8. The van der Waals surface area contributed by atoms with E-state index in [4.69, 9.17) is 4.74 Å². The Morgan fingerprint density at radius 3 is 2.68 bits per heavy atom. The molecule has 3 unspecified atom stereocenters. The van der Waals surface area contributed by atoms with Gasteiger partial charge in [0, 0.05) is 32.4 Å². The summed E-state index contributed by atoms with van der Waals surface area (Å²) in [5, 5.41) is 11.0. The Kier molecular flexibility index (Phi) is 8.56. The molecule has 4 aliphatic carbocycles. The van der Waals surface area contributed by atoms with Crippen molar-refractivity contribution in [2.45, 2.75) is 116 Å². The van der Waals surface area contributed by atoms with Gasteiger partial charge in [0.05, 0.1) is 12.7 Å². The number of fused-ring (bicyclic) bond motifs is 5. The minimum absolute atomic E-state index is 0.0812. The first-order valence-electron chi connectivity index (χ1n) is 17.0. The Morgan fingerprint density at radius 2 is 1.85 bits per heavy atom. The normalized spacial score (nSPS) is 38.3. The average Bonchev–Trinajstić information content (AvgIpc) is 3.61. The molecule has 1 N–H and O–H groups in total. The second kappa shape index (κ2) is 12.0. The quantitative estimate of drug-likeness (QED) is 0.329. The highest BCUT2D eigenvalue weighted by Gasteiger charge is 2.62. The van der Waals surface area contributed by atoms with Crippen LogP contribution < -0.4 is 4.74 Å². The number of ether oxygens (including phenoxy) is 1. The lowest BCUT2D eigenvalue weighted by Crippen LogP contribution is -2.57. The highest BCUT2D eigenvalue weighted by atomic mass is 16.5. The molecule has 1 saturated heterocycles. The molecule has 5 fully saturated rings. The van der Waals surface area contributed by atoms with Crippen molar-refractivity contribution >= 4 is 11.7 Å². The van der Waals surface area contributed by atoms with E-state index >= 15 is 0 Å². The minimum Gasteiger partial charge on any atom is -0.494 e. The fourth-order valence-electron chi connectivity index (χ4n) is 10.4. The van der Waals surface area contributed by atoms with Crippen LogP contribution in [0.5, 0.6) is 5.75 Å². The third-order valence-corrected chi connectivity index (χ3v) is 12.8. The van der Waals surface area contributed by atoms with Crippen LogP contribution in [0.1, 0.15) is 109 Å². The molecule has 0 spiro atoms. The average molecular weight is 564 g/mol. The lowest BCUT2D eigenvalue weighted by atomic mass is 9.42. The smallest absolute Gasteiger partial charge is 0.222 e. The number of amides is 1. The van der Waals surface area contributed by atoms with Crippen LogP contribution >= 0.6 is 0 Å². The summed E-state index contributed by atoms with van der Waals surface area (Å²) >= 11 is 0. The van der Waals surface area contributed by atoms with Crippen molar-refractivity contribution in [2.24, 2.45) is 40.4 Å². The molecule has 41 heavy (non-hydrogen) atoms. The number of ketones is 1. The molecule has 0 aromatic heterocycles. The fraction of sp³-hybridized carbons (Fsp3) is 0.778. The van der Waals surface area contributed by atoms with Gasteiger partial charge in [0.2, 0.25) is 5.91 Å². The first-order valence-corrected chi connectivity index (χ1v) is 17.0. The Hall–Kier alpha value is -1.88. The molecule has 5 nitrogen and oxygen atoms in total. The summed E-state index contributed by atoms with van der Waals surface area (Å²) in [6, 6.07) is 8.54. The first-order chi connectivity index (χ1) is 19.8. The maximum Gasteiger partial charge on any atom is 0.222 e. The highest BCUT2D eigenvalue weighted by molar-refractivity contribution is 5.79. The van der Waals surface area contributed by atoms with E-state index in [0.29, 0.717) is 53.8 Å². The van der Waals surface area contributed by atoms with Gasteiger partial charge in [0.1, 0.15) is 11.5 Å². The van der Waals surface area contributed by atoms with Gasteiger partial charge >= 0.3 is 0 Å². The van der Waals surface area contributed by atoms with Crippen LogP contribution in [0.25, 0.3) is 0 Å². The number of rotatable bonds is 9. The molecular weight excluding hydrogens is 510 g/mol. The maximum absolute atomic E-state index is 12.6. The van der Waals surface area contributed by atoms with Crippen molar-refractivity contribution in [2.75, 3.05) is 19.7 Å². The molecule has 4 saturated carbocycles. The molecule has 1 amide bonds. The molecule has 1 aromatic carbocycles. The lowest BCUT2D eigenvalue weighted by Gasteiger charge is -2.62. The zero-order valence-corrected chi connectivity index (χ0v) is 25.6. The first kappa shape index (κ1) is 29.2. The molecule has 8 atom stereocenters. The molecule has 0 bridgehead atoms. The molecule has 5 heteroatoms. The SMILES string of the molecule is C[C@]12CCC(=O)CC1CC(CCCc1cccc(OCCCC(=O)N3CCCC3)c1)[C@@H]1[C@H]2CC[C@]2(C)C(O)CC[C@@H]12. The standard InChI is InChI=1S/C36H53NO4/c1-35-17-15-28(38)24-27(35)23-26(34-30-13-14-32(39)36(30,2)18-16-31(34)35)10-5-8-25-9-6-11-29(22-25)41-21-7-12-33(40)37-19-3-4-20-37/h6,9,11,22,26-27,30-32,34,39H,3-5,7-8,10,12-21,23-24H2,1-2H3/t26?,27?,30-,31+,32?,34-,35-,36-/m0/s1. The number of aliphatic hydroxyl groups is 1. The summed E-state index contributed by atoms with van der Waals surface area (Å²) in [5.74, 6) is 4.90. The Balaban J connectivity index is 1.06. The summed E-state index contributed by atoms with van der Waals surface area (Å²) in [7, 11) is 0. The second-order valence-electron chi connectivity index (χ2n) is 14.9. The number of hydrogen-bond acceptors (Lipinski definition) is 4. The molecule has 0 radical (unpaired) electrons. The molecule has 226 valence electrons. The Bertz CT molecular complexity index is 1100. The van der Waals surface area contributed by atoms with Crippen molar-refractivity contribution < 1.29 is 19.4 Å². The van der Waals surface area contributed by atoms with E-state index < -0.39 is 0 Å². The van der Waals surface area contributed by atoms with Crippen LogP contribution in [-0.2, 0) is 16.0 Å². The van der Waals surface area contributed by atoms with E-state index in [1.165, 1.54) is 31.2 Å². The fourth-order valence-corrected chi connectivity index (χ4v) is 10.4. The van der Waals surface area contributed by atoms with Crippen molar-refractivity contribution in [3.63, 3.8) is 0 Å². The third-order valence-electron chi connectivity index (χ3n) is 12.8. The van der Waals surface area contributed by atoms with Gasteiger partial charge in [-0.15, -0.1) is 0 Å². The Labute approximate surface area is 247 Å². The van der Waals surface area contributed by atoms with Crippen LogP contribution in [0.4, 0.5) is 0 Å². The monoisotopic (exact) mass is 563 g/mol. The van der Waals surface area contributed by atoms with E-state index in [1.54, 1.807) is 0 Å². The van der Waals surface area contributed by atoms with Gasteiger partial charge in [-0.25, -0.2) is 0 Å². The van der Waals surface area contributed by atoms with Gasteiger partial charge < -0.3 is 14.7 Å². The van der Waals surface area contributed by atoms with Crippen LogP contribution in [0.3, 0.4) is 0 Å². The van der Waals surface area contributed by atoms with Crippen molar-refractivity contribution in [3.8, 4) is 5.75 Å². The van der Waals surface area contributed by atoms with Gasteiger partial charge in [0.25, 0.3) is 0 Å². The van der Waals surface area contributed by atoms with E-state index in [2.05, 4.69) is 32.0 Å². The van der Waals surface area contributed by atoms with Gasteiger partial charge in [-0.3, -0.25) is 9.59 Å². The molecule has 1 aromatic rings. The molecule has 1 aliphatic heterocycles. The molecule has 5 aliphatic rings. The highest BCUT2D eigenvalue weighted by Crippen LogP contribution is 2.67. The molecule has 6 rings (SSSR count). The van der Waals surface area contributed by atoms with Crippen LogP contribution in [0, 0.1) is 40.4 Å². The zero-order chi connectivity index (χ0) is 28.6. The number of aliphatic hydroxyl groups excluding tert-OH is 1. The summed E-state index contributed by atoms with van der Waals surface area (Å²) in [5.41, 5.74) is 1.71. The van der Waals surface area contributed by atoms with Crippen LogP contribution in [-0.4, -0.2) is 47.5 Å². The number of Topliss-reactive ketones (excluding diaryl/α,β-unsaturated/α-hetero) is 1. The lowest BCUT2D eigenvalue weighted by molar-refractivity contribution is -0.156. The maximum atomic E-state index is 12.6.